The first-order chi connectivity index (χ1) is 6.93. The van der Waals surface area contributed by atoms with E-state index in [1.807, 2.05) is 6.92 Å². The molecule has 80 valence electrons. The first-order valence-electron chi connectivity index (χ1n) is 4.49. The van der Waals surface area contributed by atoms with Crippen molar-refractivity contribution in [2.24, 2.45) is 11.5 Å². The summed E-state index contributed by atoms with van der Waals surface area (Å²) in [4.78, 5) is 10.8. The molecule has 0 radical (unpaired) electrons. The second-order valence-electron chi connectivity index (χ2n) is 3.43. The second kappa shape index (κ2) is 4.04. The van der Waals surface area contributed by atoms with Crippen molar-refractivity contribution >= 4 is 11.7 Å². The molecule has 0 aliphatic rings. The molecule has 0 unspecified atom stereocenters. The van der Waals surface area contributed by atoms with E-state index in [0.29, 0.717) is 17.0 Å². The van der Waals surface area contributed by atoms with E-state index >= 15 is 0 Å². The lowest BCUT2D eigenvalue weighted by Gasteiger charge is -2.08. The van der Waals surface area contributed by atoms with Gasteiger partial charge in [-0.1, -0.05) is 6.07 Å². The van der Waals surface area contributed by atoms with Crippen LogP contribution in [0.5, 0.6) is 0 Å². The largest absolute Gasteiger partial charge is 0.478 e. The Morgan fingerprint density at radius 2 is 1.93 bits per heavy atom. The molecule has 5 N–H and O–H groups in total. The Morgan fingerprint density at radius 1 is 1.33 bits per heavy atom. The fourth-order valence-electron chi connectivity index (χ4n) is 1.26. The molecule has 0 aliphatic carbocycles. The van der Waals surface area contributed by atoms with Crippen LogP contribution in [0.25, 0.3) is 5.70 Å². The number of carboxylic acid groups (broad SMARTS) is 1. The number of rotatable bonds is 2. The van der Waals surface area contributed by atoms with Gasteiger partial charge in [0.15, 0.2) is 0 Å². The fourth-order valence-corrected chi connectivity index (χ4v) is 1.26. The lowest BCUT2D eigenvalue weighted by atomic mass is 10.0. The molecule has 0 heterocycles. The lowest BCUT2D eigenvalue weighted by Crippen LogP contribution is -2.08. The van der Waals surface area contributed by atoms with Gasteiger partial charge in [-0.3, -0.25) is 0 Å². The molecule has 1 aromatic rings. The van der Waals surface area contributed by atoms with Gasteiger partial charge in [0, 0.05) is 11.3 Å². The molecule has 0 aromatic heterocycles. The first kappa shape index (κ1) is 11.1. The molecule has 4 nitrogen and oxygen atoms in total. The Labute approximate surface area is 88.2 Å². The number of aromatic carboxylic acids is 1. The molecule has 1 aromatic carbocycles. The summed E-state index contributed by atoms with van der Waals surface area (Å²) >= 11 is 0. The van der Waals surface area contributed by atoms with Crippen molar-refractivity contribution in [2.75, 3.05) is 0 Å². The Kier molecular flexibility index (Phi) is 2.99. The van der Waals surface area contributed by atoms with Crippen LogP contribution in [0.4, 0.5) is 0 Å². The molecule has 0 saturated carbocycles. The standard InChI is InChI=1S/C11H14N2O2/c1-6-3-4-8(11(14)15)5-9(6)10(13)7(2)12/h3-5H,12-13H2,1-2H3,(H,14,15)/b10-7-. The normalized spacial score (nSPS) is 12.1. The van der Waals surface area contributed by atoms with Gasteiger partial charge < -0.3 is 16.6 Å². The van der Waals surface area contributed by atoms with Crippen LogP contribution in [-0.2, 0) is 0 Å². The van der Waals surface area contributed by atoms with Gasteiger partial charge in [0.05, 0.1) is 11.3 Å². The smallest absolute Gasteiger partial charge is 0.335 e. The Morgan fingerprint density at radius 3 is 2.40 bits per heavy atom. The van der Waals surface area contributed by atoms with Crippen LogP contribution in [0.15, 0.2) is 23.9 Å². The average molecular weight is 206 g/mol. The van der Waals surface area contributed by atoms with Gasteiger partial charge in [-0.15, -0.1) is 0 Å². The first-order valence-corrected chi connectivity index (χ1v) is 4.49. The summed E-state index contributed by atoms with van der Waals surface area (Å²) in [6.45, 7) is 3.54. The van der Waals surface area contributed by atoms with Crippen LogP contribution >= 0.6 is 0 Å². The van der Waals surface area contributed by atoms with E-state index in [4.69, 9.17) is 16.6 Å². The maximum Gasteiger partial charge on any atom is 0.335 e. The van der Waals surface area contributed by atoms with Gasteiger partial charge >= 0.3 is 5.97 Å². The summed E-state index contributed by atoms with van der Waals surface area (Å²) in [6, 6.07) is 4.79. The third kappa shape index (κ3) is 2.28. The number of hydrogen-bond donors (Lipinski definition) is 3. The van der Waals surface area contributed by atoms with E-state index < -0.39 is 5.97 Å². The van der Waals surface area contributed by atoms with E-state index in [-0.39, 0.29) is 5.56 Å². The van der Waals surface area contributed by atoms with Gasteiger partial charge in [0.1, 0.15) is 0 Å². The van der Waals surface area contributed by atoms with Gasteiger partial charge in [0.25, 0.3) is 0 Å². The molecule has 0 spiro atoms. The number of nitrogens with two attached hydrogens (primary N) is 2. The van der Waals surface area contributed by atoms with E-state index in [0.717, 1.165) is 5.56 Å². The number of carbonyl (C=O) groups is 1. The summed E-state index contributed by atoms with van der Waals surface area (Å²) < 4.78 is 0. The maximum absolute atomic E-state index is 10.8. The zero-order chi connectivity index (χ0) is 11.6. The third-order valence-electron chi connectivity index (χ3n) is 2.20. The lowest BCUT2D eigenvalue weighted by molar-refractivity contribution is 0.0697. The predicted molar refractivity (Wildman–Crippen MR) is 59.1 cm³/mol. The van der Waals surface area contributed by atoms with Crippen LogP contribution in [0.2, 0.25) is 0 Å². The summed E-state index contributed by atoms with van der Waals surface area (Å²) in [6.07, 6.45) is 0. The fraction of sp³-hybridized carbons (Fsp3) is 0.182. The van der Waals surface area contributed by atoms with Gasteiger partial charge in [-0.2, -0.15) is 0 Å². The van der Waals surface area contributed by atoms with E-state index in [9.17, 15) is 4.79 Å². The minimum absolute atomic E-state index is 0.208. The highest BCUT2D eigenvalue weighted by Gasteiger charge is 2.08. The van der Waals surface area contributed by atoms with Crippen molar-refractivity contribution < 1.29 is 9.90 Å². The quantitative estimate of drug-likeness (QED) is 0.680. The highest BCUT2D eigenvalue weighted by Crippen LogP contribution is 2.18. The summed E-state index contributed by atoms with van der Waals surface area (Å²) in [5.74, 6) is -0.973. The topological polar surface area (TPSA) is 89.3 Å². The molecule has 0 atom stereocenters. The van der Waals surface area contributed by atoms with Crippen LogP contribution < -0.4 is 11.5 Å². The van der Waals surface area contributed by atoms with Crippen molar-refractivity contribution in [3.05, 3.63) is 40.6 Å². The monoisotopic (exact) mass is 206 g/mol. The van der Waals surface area contributed by atoms with Gasteiger partial charge in [-0.05, 0) is 31.5 Å². The number of aryl methyl sites for hydroxylation is 1. The Bertz CT molecular complexity index is 432. The molecule has 4 heteroatoms. The number of hydrogen-bond acceptors (Lipinski definition) is 3. The molecular formula is C11H14N2O2. The van der Waals surface area contributed by atoms with Gasteiger partial charge in [0.2, 0.25) is 0 Å². The minimum atomic E-state index is -0.973. The SMILES string of the molecule is C/C(N)=C(/N)c1cc(C(=O)O)ccc1C. The van der Waals surface area contributed by atoms with Crippen LogP contribution in [0.1, 0.15) is 28.4 Å². The number of carboxylic acids is 1. The van der Waals surface area contributed by atoms with Crippen molar-refractivity contribution in [3.8, 4) is 0 Å². The van der Waals surface area contributed by atoms with Gasteiger partial charge in [-0.25, -0.2) is 4.79 Å². The number of allylic oxidation sites excluding steroid dienone is 1. The maximum atomic E-state index is 10.8. The number of benzene rings is 1. The van der Waals surface area contributed by atoms with Crippen molar-refractivity contribution in [1.82, 2.24) is 0 Å². The minimum Gasteiger partial charge on any atom is -0.478 e. The molecule has 15 heavy (non-hydrogen) atoms. The Balaban J connectivity index is 3.35. The van der Waals surface area contributed by atoms with Crippen molar-refractivity contribution in [1.29, 1.82) is 0 Å². The van der Waals surface area contributed by atoms with Crippen molar-refractivity contribution in [2.45, 2.75) is 13.8 Å². The molecular weight excluding hydrogens is 192 g/mol. The summed E-state index contributed by atoms with van der Waals surface area (Å²) in [5.41, 5.74) is 14.0. The highest BCUT2D eigenvalue weighted by atomic mass is 16.4. The van der Waals surface area contributed by atoms with Crippen LogP contribution in [0, 0.1) is 6.92 Å². The molecule has 0 amide bonds. The highest BCUT2D eigenvalue weighted by molar-refractivity contribution is 5.89. The van der Waals surface area contributed by atoms with Crippen LogP contribution in [0.3, 0.4) is 0 Å². The van der Waals surface area contributed by atoms with Crippen LogP contribution in [-0.4, -0.2) is 11.1 Å². The molecule has 0 fully saturated rings. The Hall–Kier alpha value is -1.97. The van der Waals surface area contributed by atoms with E-state index in [1.54, 1.807) is 19.1 Å². The molecule has 0 aliphatic heterocycles. The van der Waals surface area contributed by atoms with E-state index in [1.165, 1.54) is 6.07 Å². The molecule has 0 saturated heterocycles. The summed E-state index contributed by atoms with van der Waals surface area (Å²) in [5, 5.41) is 8.83. The molecule has 0 bridgehead atoms. The third-order valence-corrected chi connectivity index (χ3v) is 2.20. The second-order valence-corrected chi connectivity index (χ2v) is 3.43. The predicted octanol–water partition coefficient (Wildman–Crippen LogP) is 1.30. The van der Waals surface area contributed by atoms with E-state index in [2.05, 4.69) is 0 Å². The average Bonchev–Trinajstić information content (AvgIpc) is 2.16. The zero-order valence-electron chi connectivity index (χ0n) is 8.74. The summed E-state index contributed by atoms with van der Waals surface area (Å²) in [7, 11) is 0. The molecule has 1 rings (SSSR count). The van der Waals surface area contributed by atoms with Crippen molar-refractivity contribution in [3.63, 3.8) is 0 Å². The zero-order valence-corrected chi connectivity index (χ0v) is 8.74.